The van der Waals surface area contributed by atoms with Gasteiger partial charge < -0.3 is 9.88 Å². The molecule has 0 aliphatic heterocycles. The van der Waals surface area contributed by atoms with Crippen molar-refractivity contribution in [2.45, 2.75) is 20.0 Å². The molecule has 90 valence electrons. The molecule has 1 heterocycles. The van der Waals surface area contributed by atoms with Gasteiger partial charge >= 0.3 is 0 Å². The molecule has 1 aromatic carbocycles. The van der Waals surface area contributed by atoms with E-state index in [2.05, 4.69) is 16.8 Å². The summed E-state index contributed by atoms with van der Waals surface area (Å²) in [5, 5.41) is 3.45. The van der Waals surface area contributed by atoms with E-state index in [-0.39, 0.29) is 5.82 Å². The van der Waals surface area contributed by atoms with Gasteiger partial charge in [-0.1, -0.05) is 11.6 Å². The van der Waals surface area contributed by atoms with E-state index < -0.39 is 0 Å². The molecular formula is C13H14ClFN2. The number of aryl methyl sites for hydroxylation is 1. The monoisotopic (exact) mass is 252 g/mol. The standard InChI is InChI=1S/C13H14ClFN2/c1-2-17-6-5-10(9-17)8-16-13-4-3-11(14)7-12(13)15/h3-7,9,16H,2,8H2,1H3. The normalized spacial score (nSPS) is 10.5. The average Bonchev–Trinajstić information content (AvgIpc) is 2.76. The predicted molar refractivity (Wildman–Crippen MR) is 68.8 cm³/mol. The Morgan fingerprint density at radius 3 is 2.82 bits per heavy atom. The van der Waals surface area contributed by atoms with Gasteiger partial charge in [0.25, 0.3) is 0 Å². The van der Waals surface area contributed by atoms with Crippen LogP contribution in [-0.2, 0) is 13.1 Å². The van der Waals surface area contributed by atoms with Gasteiger partial charge in [0.15, 0.2) is 0 Å². The highest BCUT2D eigenvalue weighted by atomic mass is 35.5. The van der Waals surface area contributed by atoms with Crippen LogP contribution in [0.25, 0.3) is 0 Å². The van der Waals surface area contributed by atoms with E-state index >= 15 is 0 Å². The Morgan fingerprint density at radius 1 is 1.35 bits per heavy atom. The average molecular weight is 253 g/mol. The Bertz CT molecular complexity index is 508. The third-order valence-electron chi connectivity index (χ3n) is 2.59. The van der Waals surface area contributed by atoms with E-state index in [0.717, 1.165) is 12.1 Å². The number of aromatic nitrogens is 1. The highest BCUT2D eigenvalue weighted by Crippen LogP contribution is 2.19. The second-order valence-corrected chi connectivity index (χ2v) is 4.26. The second-order valence-electron chi connectivity index (χ2n) is 3.83. The number of anilines is 1. The zero-order chi connectivity index (χ0) is 12.3. The molecule has 0 amide bonds. The van der Waals surface area contributed by atoms with Crippen molar-refractivity contribution in [2.24, 2.45) is 0 Å². The summed E-state index contributed by atoms with van der Waals surface area (Å²) < 4.78 is 15.6. The summed E-state index contributed by atoms with van der Waals surface area (Å²) in [5.41, 5.74) is 1.60. The van der Waals surface area contributed by atoms with Gasteiger partial charge in [-0.15, -0.1) is 0 Å². The van der Waals surface area contributed by atoms with Crippen LogP contribution < -0.4 is 5.32 Å². The Kier molecular flexibility index (Phi) is 3.69. The molecule has 0 atom stereocenters. The first kappa shape index (κ1) is 12.0. The van der Waals surface area contributed by atoms with Gasteiger partial charge in [0.1, 0.15) is 5.82 Å². The van der Waals surface area contributed by atoms with Gasteiger partial charge in [0.2, 0.25) is 0 Å². The van der Waals surface area contributed by atoms with E-state index in [9.17, 15) is 4.39 Å². The van der Waals surface area contributed by atoms with Crippen LogP contribution in [0.1, 0.15) is 12.5 Å². The number of benzene rings is 1. The maximum Gasteiger partial charge on any atom is 0.147 e. The first-order valence-electron chi connectivity index (χ1n) is 5.52. The smallest absolute Gasteiger partial charge is 0.147 e. The molecule has 2 rings (SSSR count). The van der Waals surface area contributed by atoms with Gasteiger partial charge in [0, 0.05) is 30.5 Å². The number of hydrogen-bond acceptors (Lipinski definition) is 1. The van der Waals surface area contributed by atoms with Crippen molar-refractivity contribution in [3.05, 3.63) is 53.1 Å². The lowest BCUT2D eigenvalue weighted by Gasteiger charge is -2.06. The summed E-state index contributed by atoms with van der Waals surface area (Å²) in [5.74, 6) is -0.326. The lowest BCUT2D eigenvalue weighted by atomic mass is 10.3. The van der Waals surface area contributed by atoms with Crippen LogP contribution in [-0.4, -0.2) is 4.57 Å². The van der Waals surface area contributed by atoms with Crippen molar-refractivity contribution in [3.63, 3.8) is 0 Å². The molecule has 0 saturated carbocycles. The molecule has 0 spiro atoms. The summed E-state index contributed by atoms with van der Waals surface area (Å²) in [6.45, 7) is 3.62. The van der Waals surface area contributed by atoms with Crippen LogP contribution in [0.3, 0.4) is 0 Å². The predicted octanol–water partition coefficient (Wildman–Crippen LogP) is 3.91. The Labute approximate surface area is 105 Å². The highest BCUT2D eigenvalue weighted by molar-refractivity contribution is 6.30. The zero-order valence-corrected chi connectivity index (χ0v) is 10.3. The zero-order valence-electron chi connectivity index (χ0n) is 9.58. The summed E-state index contributed by atoms with van der Waals surface area (Å²) in [4.78, 5) is 0. The Morgan fingerprint density at radius 2 is 2.18 bits per heavy atom. The molecule has 2 aromatic rings. The Balaban J connectivity index is 2.02. The van der Waals surface area contributed by atoms with Crippen LogP contribution in [0, 0.1) is 5.82 Å². The van der Waals surface area contributed by atoms with Gasteiger partial charge in [-0.2, -0.15) is 0 Å². The number of halogens is 2. The first-order valence-corrected chi connectivity index (χ1v) is 5.90. The molecule has 4 heteroatoms. The molecule has 0 bridgehead atoms. The number of hydrogen-bond donors (Lipinski definition) is 1. The van der Waals surface area contributed by atoms with Crippen LogP contribution in [0.2, 0.25) is 5.02 Å². The number of rotatable bonds is 4. The summed E-state index contributed by atoms with van der Waals surface area (Å²) in [7, 11) is 0. The molecule has 0 radical (unpaired) electrons. The summed E-state index contributed by atoms with van der Waals surface area (Å²) in [6.07, 6.45) is 4.05. The molecule has 1 aromatic heterocycles. The molecule has 0 saturated heterocycles. The SMILES string of the molecule is CCn1ccc(CNc2ccc(Cl)cc2F)c1. The summed E-state index contributed by atoms with van der Waals surface area (Å²) >= 11 is 5.69. The van der Waals surface area contributed by atoms with E-state index in [1.807, 2.05) is 18.5 Å². The topological polar surface area (TPSA) is 17.0 Å². The van der Waals surface area contributed by atoms with Crippen molar-refractivity contribution in [2.75, 3.05) is 5.32 Å². The quantitative estimate of drug-likeness (QED) is 0.873. The van der Waals surface area contributed by atoms with Gasteiger partial charge in [-0.05, 0) is 36.8 Å². The molecule has 0 fully saturated rings. The van der Waals surface area contributed by atoms with E-state index in [1.54, 1.807) is 12.1 Å². The molecule has 17 heavy (non-hydrogen) atoms. The molecule has 0 aliphatic carbocycles. The maximum atomic E-state index is 13.5. The van der Waals surface area contributed by atoms with Crippen molar-refractivity contribution < 1.29 is 4.39 Å². The lowest BCUT2D eigenvalue weighted by molar-refractivity contribution is 0.630. The number of nitrogens with one attached hydrogen (secondary N) is 1. The van der Waals surface area contributed by atoms with E-state index in [1.165, 1.54) is 6.07 Å². The number of nitrogens with zero attached hydrogens (tertiary/aromatic N) is 1. The van der Waals surface area contributed by atoms with Gasteiger partial charge in [0.05, 0.1) is 5.69 Å². The van der Waals surface area contributed by atoms with Gasteiger partial charge in [-0.25, -0.2) is 4.39 Å². The van der Waals surface area contributed by atoms with Crippen LogP contribution in [0.5, 0.6) is 0 Å². The second kappa shape index (κ2) is 5.23. The lowest BCUT2D eigenvalue weighted by Crippen LogP contribution is -2.00. The first-order chi connectivity index (χ1) is 8.19. The van der Waals surface area contributed by atoms with Crippen LogP contribution in [0.4, 0.5) is 10.1 Å². The minimum atomic E-state index is -0.326. The molecule has 1 N–H and O–H groups in total. The fraction of sp³-hybridized carbons (Fsp3) is 0.231. The molecule has 2 nitrogen and oxygen atoms in total. The van der Waals surface area contributed by atoms with Crippen molar-refractivity contribution in [1.82, 2.24) is 4.57 Å². The van der Waals surface area contributed by atoms with Gasteiger partial charge in [-0.3, -0.25) is 0 Å². The van der Waals surface area contributed by atoms with Crippen molar-refractivity contribution in [3.8, 4) is 0 Å². The summed E-state index contributed by atoms with van der Waals surface area (Å²) in [6, 6.07) is 6.64. The molecular weight excluding hydrogens is 239 g/mol. The fourth-order valence-electron chi connectivity index (χ4n) is 1.62. The van der Waals surface area contributed by atoms with Crippen LogP contribution >= 0.6 is 11.6 Å². The van der Waals surface area contributed by atoms with Crippen molar-refractivity contribution in [1.29, 1.82) is 0 Å². The largest absolute Gasteiger partial charge is 0.379 e. The fourth-order valence-corrected chi connectivity index (χ4v) is 1.78. The molecule has 0 unspecified atom stereocenters. The van der Waals surface area contributed by atoms with E-state index in [4.69, 9.17) is 11.6 Å². The maximum absolute atomic E-state index is 13.5. The van der Waals surface area contributed by atoms with Crippen molar-refractivity contribution >= 4 is 17.3 Å². The third-order valence-corrected chi connectivity index (χ3v) is 2.83. The highest BCUT2D eigenvalue weighted by Gasteiger charge is 2.02. The van der Waals surface area contributed by atoms with E-state index in [0.29, 0.717) is 17.3 Å². The van der Waals surface area contributed by atoms with Crippen LogP contribution in [0.15, 0.2) is 36.7 Å². The minimum Gasteiger partial charge on any atom is -0.379 e. The third kappa shape index (κ3) is 3.01. The minimum absolute atomic E-state index is 0.326. The molecule has 0 aliphatic rings. The Hall–Kier alpha value is -1.48.